The lowest BCUT2D eigenvalue weighted by atomic mass is 10.2. The molecule has 0 amide bonds. The summed E-state index contributed by atoms with van der Waals surface area (Å²) in [6.45, 7) is 2.52. The Morgan fingerprint density at radius 2 is 1.79 bits per heavy atom. The van der Waals surface area contributed by atoms with Crippen LogP contribution >= 0.6 is 0 Å². The summed E-state index contributed by atoms with van der Waals surface area (Å²) in [5, 5.41) is 10.6. The molecule has 33 heavy (non-hydrogen) atoms. The van der Waals surface area contributed by atoms with Crippen LogP contribution in [0, 0.1) is 5.82 Å². The molecule has 5 rings (SSSR count). The Balaban J connectivity index is 1.34. The van der Waals surface area contributed by atoms with E-state index in [4.69, 9.17) is 9.47 Å². The van der Waals surface area contributed by atoms with E-state index in [-0.39, 0.29) is 17.7 Å². The van der Waals surface area contributed by atoms with Crippen LogP contribution in [0.2, 0.25) is 0 Å². The molecule has 4 aromatic rings. The summed E-state index contributed by atoms with van der Waals surface area (Å²) in [4.78, 5) is 16.3. The number of halogens is 1. The van der Waals surface area contributed by atoms with E-state index in [0.717, 1.165) is 11.4 Å². The van der Waals surface area contributed by atoms with Crippen LogP contribution in [-0.4, -0.2) is 53.4 Å². The first-order chi connectivity index (χ1) is 16.1. The van der Waals surface area contributed by atoms with Gasteiger partial charge in [0.2, 0.25) is 5.88 Å². The number of hydrogen-bond acceptors (Lipinski definition) is 8. The molecule has 0 radical (unpaired) electrons. The highest BCUT2D eigenvalue weighted by Gasteiger charge is 2.17. The molecular weight excluding hydrogens is 425 g/mol. The molecule has 2 aromatic carbocycles. The van der Waals surface area contributed by atoms with Gasteiger partial charge in [0.1, 0.15) is 11.6 Å². The average molecular weight is 447 g/mol. The Morgan fingerprint density at radius 3 is 2.58 bits per heavy atom. The topological polar surface area (TPSA) is 83.8 Å². The fourth-order valence-corrected chi connectivity index (χ4v) is 3.74. The molecule has 8 nitrogen and oxygen atoms in total. The maximum atomic E-state index is 14.5. The van der Waals surface area contributed by atoms with Crippen molar-refractivity contribution in [3.05, 3.63) is 66.7 Å². The van der Waals surface area contributed by atoms with Gasteiger partial charge in [-0.1, -0.05) is 0 Å². The maximum absolute atomic E-state index is 14.5. The van der Waals surface area contributed by atoms with Crippen molar-refractivity contribution in [3.63, 3.8) is 0 Å². The molecule has 168 valence electrons. The zero-order chi connectivity index (χ0) is 22.8. The number of morpholine rings is 1. The number of hydrogen-bond donors (Lipinski definition) is 1. The van der Waals surface area contributed by atoms with Gasteiger partial charge in [-0.3, -0.25) is 4.98 Å². The molecule has 1 aliphatic heterocycles. The third-order valence-electron chi connectivity index (χ3n) is 5.56. The number of rotatable bonds is 5. The second-order valence-corrected chi connectivity index (χ2v) is 7.61. The molecule has 1 aliphatic rings. The molecule has 1 saturated heterocycles. The summed E-state index contributed by atoms with van der Waals surface area (Å²) >= 11 is 0. The summed E-state index contributed by atoms with van der Waals surface area (Å²) in [5.41, 5.74) is 2.82. The summed E-state index contributed by atoms with van der Waals surface area (Å²) in [6.07, 6.45) is 3.10. The zero-order valence-electron chi connectivity index (χ0n) is 18.0. The van der Waals surface area contributed by atoms with Crippen LogP contribution in [0.15, 0.2) is 60.9 Å². The quantitative estimate of drug-likeness (QED) is 0.486. The average Bonchev–Trinajstić information content (AvgIpc) is 2.85. The Morgan fingerprint density at radius 1 is 1.03 bits per heavy atom. The molecule has 0 bridgehead atoms. The minimum absolute atomic E-state index is 0.0304. The smallest absolute Gasteiger partial charge is 0.325 e. The van der Waals surface area contributed by atoms with Gasteiger partial charge in [-0.15, -0.1) is 0 Å². The first kappa shape index (κ1) is 20.9. The fraction of sp³-hybridized carbons (Fsp3) is 0.208. The van der Waals surface area contributed by atoms with Crippen molar-refractivity contribution in [2.24, 2.45) is 0 Å². The van der Waals surface area contributed by atoms with E-state index in [2.05, 4.69) is 15.0 Å². The predicted octanol–water partition coefficient (Wildman–Crippen LogP) is 4.27. The predicted molar refractivity (Wildman–Crippen MR) is 123 cm³/mol. The first-order valence-corrected chi connectivity index (χ1v) is 10.5. The van der Waals surface area contributed by atoms with Gasteiger partial charge < -0.3 is 24.4 Å². The molecule has 0 saturated carbocycles. The lowest BCUT2D eigenvalue weighted by Gasteiger charge is -2.30. The van der Waals surface area contributed by atoms with E-state index >= 15 is 0 Å². The minimum atomic E-state index is -0.244. The van der Waals surface area contributed by atoms with Gasteiger partial charge in [0, 0.05) is 37.7 Å². The van der Waals surface area contributed by atoms with Crippen molar-refractivity contribution in [2.75, 3.05) is 43.2 Å². The fourth-order valence-electron chi connectivity index (χ4n) is 3.74. The standard InChI is InChI=1S/C24H22FN5O3/c1-29(17-4-7-20(25)22(14-17)30-10-12-32-13-11-30)16-2-5-18(6-3-16)33-24-27-21-15-26-9-8-19(21)23(31)28-24/h2-9,14-15H,10-13H2,1H3,(H,27,28,31). The van der Waals surface area contributed by atoms with Gasteiger partial charge in [0.05, 0.1) is 36.0 Å². The Hall–Kier alpha value is -3.98. The van der Waals surface area contributed by atoms with Crippen molar-refractivity contribution >= 4 is 28.0 Å². The van der Waals surface area contributed by atoms with Gasteiger partial charge in [-0.2, -0.15) is 9.97 Å². The molecule has 0 atom stereocenters. The number of fused-ring (bicyclic) bond motifs is 1. The van der Waals surface area contributed by atoms with Crippen LogP contribution in [0.3, 0.4) is 0 Å². The number of anilines is 3. The maximum Gasteiger partial charge on any atom is 0.325 e. The van der Waals surface area contributed by atoms with Crippen molar-refractivity contribution in [2.45, 2.75) is 0 Å². The van der Waals surface area contributed by atoms with E-state index in [0.29, 0.717) is 48.6 Å². The van der Waals surface area contributed by atoms with Gasteiger partial charge >= 0.3 is 6.01 Å². The van der Waals surface area contributed by atoms with Crippen LogP contribution < -0.4 is 14.5 Å². The monoisotopic (exact) mass is 447 g/mol. The van der Waals surface area contributed by atoms with E-state index in [1.807, 2.05) is 35.0 Å². The molecule has 0 aliphatic carbocycles. The van der Waals surface area contributed by atoms with Crippen molar-refractivity contribution in [1.82, 2.24) is 15.0 Å². The van der Waals surface area contributed by atoms with Crippen LogP contribution in [0.1, 0.15) is 0 Å². The highest BCUT2D eigenvalue weighted by atomic mass is 19.1. The second-order valence-electron chi connectivity index (χ2n) is 7.61. The molecule has 9 heteroatoms. The first-order valence-electron chi connectivity index (χ1n) is 10.5. The van der Waals surface area contributed by atoms with Gasteiger partial charge in [-0.25, -0.2) is 4.39 Å². The highest BCUT2D eigenvalue weighted by Crippen LogP contribution is 2.32. The summed E-state index contributed by atoms with van der Waals surface area (Å²) in [6, 6.07) is 14.1. The molecule has 0 spiro atoms. The van der Waals surface area contributed by atoms with Gasteiger partial charge in [-0.05, 0) is 48.5 Å². The summed E-state index contributed by atoms with van der Waals surface area (Å²) in [5.74, 6) is 0.107. The SMILES string of the molecule is CN(c1ccc(Oc2nc(O)c3ccncc3n2)cc1)c1ccc(F)c(N2CCOCC2)c1. The number of aromatic nitrogens is 3. The molecular formula is C24H22FN5O3. The van der Waals surface area contributed by atoms with Crippen LogP contribution in [-0.2, 0) is 4.74 Å². The molecule has 0 unspecified atom stereocenters. The molecule has 1 fully saturated rings. The summed E-state index contributed by atoms with van der Waals surface area (Å²) < 4.78 is 25.6. The van der Waals surface area contributed by atoms with E-state index in [1.165, 1.54) is 12.3 Å². The van der Waals surface area contributed by atoms with Crippen molar-refractivity contribution in [1.29, 1.82) is 0 Å². The number of pyridine rings is 1. The zero-order valence-corrected chi connectivity index (χ0v) is 18.0. The molecule has 2 aromatic heterocycles. The lowest BCUT2D eigenvalue weighted by Crippen LogP contribution is -2.36. The van der Waals surface area contributed by atoms with Crippen LogP contribution in [0.4, 0.5) is 21.5 Å². The Bertz CT molecular complexity index is 1280. The van der Waals surface area contributed by atoms with Gasteiger partial charge in [0.25, 0.3) is 0 Å². The Kier molecular flexibility index (Phi) is 5.62. The number of aromatic hydroxyl groups is 1. The Labute approximate surface area is 189 Å². The lowest BCUT2D eigenvalue weighted by molar-refractivity contribution is 0.122. The normalized spacial score (nSPS) is 13.8. The van der Waals surface area contributed by atoms with Gasteiger partial charge in [0.15, 0.2) is 0 Å². The van der Waals surface area contributed by atoms with Crippen molar-refractivity contribution < 1.29 is 19.0 Å². The number of nitrogens with zero attached hydrogens (tertiary/aromatic N) is 5. The third-order valence-corrected chi connectivity index (χ3v) is 5.56. The number of benzene rings is 2. The van der Waals surface area contributed by atoms with E-state index < -0.39 is 0 Å². The van der Waals surface area contributed by atoms with Crippen molar-refractivity contribution in [3.8, 4) is 17.6 Å². The van der Waals surface area contributed by atoms with Crippen LogP contribution in [0.5, 0.6) is 17.6 Å². The highest BCUT2D eigenvalue weighted by molar-refractivity contribution is 5.82. The molecule has 1 N–H and O–H groups in total. The largest absolute Gasteiger partial charge is 0.493 e. The number of ether oxygens (including phenoxy) is 2. The molecule has 3 heterocycles. The minimum Gasteiger partial charge on any atom is -0.493 e. The third kappa shape index (κ3) is 4.35. The second kappa shape index (κ2) is 8.87. The van der Waals surface area contributed by atoms with E-state index in [9.17, 15) is 9.50 Å². The summed E-state index contributed by atoms with van der Waals surface area (Å²) in [7, 11) is 1.92. The van der Waals surface area contributed by atoms with E-state index in [1.54, 1.807) is 30.5 Å². The van der Waals surface area contributed by atoms with Crippen LogP contribution in [0.25, 0.3) is 10.9 Å².